The zero-order valence-corrected chi connectivity index (χ0v) is 80.7. The lowest BCUT2D eigenvalue weighted by Crippen LogP contribution is -2.31. The predicted molar refractivity (Wildman–Crippen MR) is 551 cm³/mol. The maximum atomic E-state index is 9.00. The highest BCUT2D eigenvalue weighted by Crippen LogP contribution is 2.44. The van der Waals surface area contributed by atoms with E-state index in [9.17, 15) is 0 Å². The van der Waals surface area contributed by atoms with Crippen LogP contribution in [-0.2, 0) is 35.2 Å². The molecule has 0 aliphatic rings. The van der Waals surface area contributed by atoms with E-state index in [1.165, 1.54) is 68.0 Å². The van der Waals surface area contributed by atoms with Crippen molar-refractivity contribution in [2.75, 3.05) is 0 Å². The van der Waals surface area contributed by atoms with E-state index in [1.54, 1.807) is 62.8 Å². The predicted octanol–water partition coefficient (Wildman–Crippen LogP) is 28.6. The first-order valence-electron chi connectivity index (χ1n) is 53.2. The number of nitrogens with zero attached hydrogens (tertiary/aromatic N) is 10. The Hall–Kier alpha value is -13.3. The van der Waals surface area contributed by atoms with E-state index < -0.39 is 45.1 Å². The molecule has 0 aliphatic carbocycles. The van der Waals surface area contributed by atoms with Gasteiger partial charge in [-0.05, 0) is 242 Å². The van der Waals surface area contributed by atoms with E-state index in [0.29, 0.717) is 57.2 Å². The summed E-state index contributed by atoms with van der Waals surface area (Å²) in [4.78, 5) is 0. The largest absolute Gasteiger partial charge is 0.311 e. The van der Waals surface area contributed by atoms with Gasteiger partial charge in [-0.1, -0.05) is 242 Å². The number of aryl methyl sites for hydroxylation is 13. The molecule has 10 nitrogen and oxygen atoms in total. The lowest BCUT2D eigenvalue weighted by Gasteiger charge is -2.23. The van der Waals surface area contributed by atoms with E-state index in [2.05, 4.69) is 307 Å². The smallest absolute Gasteiger partial charge is 0.229 e. The summed E-state index contributed by atoms with van der Waals surface area (Å²) in [6.07, 6.45) is 13.4. The van der Waals surface area contributed by atoms with Gasteiger partial charge in [0.15, 0.2) is 31.0 Å². The Morgan fingerprint density at radius 2 is 0.573 bits per heavy atom. The number of fused-ring (bicyclic) bond motifs is 3. The van der Waals surface area contributed by atoms with E-state index in [1.807, 2.05) is 139 Å². The number of aromatic nitrogens is 10. The first-order valence-corrected chi connectivity index (χ1v) is 45.7. The van der Waals surface area contributed by atoms with Gasteiger partial charge >= 0.3 is 0 Å². The molecule has 0 N–H and O–H groups in total. The van der Waals surface area contributed by atoms with Crippen LogP contribution in [0.4, 0.5) is 0 Å². The molecule has 131 heavy (non-hydrogen) atoms. The van der Waals surface area contributed by atoms with Crippen LogP contribution in [0.3, 0.4) is 0 Å². The maximum Gasteiger partial charge on any atom is 0.229 e. The van der Waals surface area contributed by atoms with Gasteiger partial charge in [0.2, 0.25) is 28.5 Å². The summed E-state index contributed by atoms with van der Waals surface area (Å²) in [7, 11) is 9.79. The van der Waals surface area contributed by atoms with Gasteiger partial charge in [0.1, 0.15) is 63.7 Å². The lowest BCUT2D eigenvalue weighted by atomic mass is 9.92. The number of hydrogen-bond donors (Lipinski definition) is 0. The summed E-state index contributed by atoms with van der Waals surface area (Å²) in [5.74, 6) is -2.01. The second-order valence-electron chi connectivity index (χ2n) is 36.4. The molecule has 0 amide bonds. The summed E-state index contributed by atoms with van der Waals surface area (Å²) >= 11 is 0. The minimum absolute atomic E-state index is 0.344. The SMILES string of the molecule is [2H]C(C)(C)c1cccc(C([2H])(C)C([2H])([2H])[2H])c1-n1c(-c2cccc[n+]2C)c(C)c2ccccc21.[2H]C(C)(C)c1ccccc1-n1c(-c2cccc[n+]2C)c(C)c2ccccc21.[2H]C([2H])([2H])c1ccc(-c2c(C)c3ccccc3n2-c2ccccc2C(C)C)[n+](C)c1.[2H]C([2H])([2H])c1ccc(-c2c(C)ccn2-c2c(C(C)C)cccc2C(C)C)[n+](C)c1.[2H]C([2H])([2H])c1ccc(-c2c(C)ccn2-c2ccccc2C(C)C)[n+](C)c1. The topological polar surface area (TPSA) is 44.0 Å². The van der Waals surface area contributed by atoms with Gasteiger partial charge in [-0.3, -0.25) is 0 Å². The molecule has 0 fully saturated rings. The Morgan fingerprint density at radius 1 is 0.260 bits per heavy atom. The van der Waals surface area contributed by atoms with Gasteiger partial charge in [-0.25, -0.2) is 0 Å². The van der Waals surface area contributed by atoms with E-state index in [4.69, 9.17) is 20.6 Å². The van der Waals surface area contributed by atoms with Crippen molar-refractivity contribution in [3.63, 3.8) is 0 Å². The van der Waals surface area contributed by atoms with E-state index in [-0.39, 0.29) is 0 Å². The van der Waals surface area contributed by atoms with Crippen LogP contribution in [0, 0.1) is 55.2 Å². The van der Waals surface area contributed by atoms with Crippen molar-refractivity contribution >= 4 is 32.7 Å². The second kappa shape index (κ2) is 40.4. The number of rotatable bonds is 17. The molecule has 0 bridgehead atoms. The third-order valence-electron chi connectivity index (χ3n) is 25.4. The van der Waals surface area contributed by atoms with Crippen LogP contribution in [-0.4, -0.2) is 22.8 Å². The highest BCUT2D eigenvalue weighted by molar-refractivity contribution is 5.95. The Labute approximate surface area is 802 Å². The molecular weight excluding hydrogens is 1590 g/mol. The molecule has 0 radical (unpaired) electrons. The van der Waals surface area contributed by atoms with Gasteiger partial charge in [-0.2, -0.15) is 22.8 Å². The molecule has 10 heterocycles. The first-order chi connectivity index (χ1) is 68.6. The summed E-state index contributed by atoms with van der Waals surface area (Å²) < 4.78 is 141. The average molecular weight is 1750 g/mol. The molecule has 8 aromatic carbocycles. The second-order valence-corrected chi connectivity index (χ2v) is 36.4. The van der Waals surface area contributed by atoms with E-state index in [0.717, 1.165) is 107 Å². The fraction of sp³-hybridized carbons (Fsp3) is 0.281. The zero-order chi connectivity index (χ0) is 106. The highest BCUT2D eigenvalue weighted by atomic mass is 15.1. The average Bonchev–Trinajstić information content (AvgIpc) is 1.53. The van der Waals surface area contributed by atoms with Crippen molar-refractivity contribution in [1.82, 2.24) is 22.8 Å². The van der Waals surface area contributed by atoms with Crippen LogP contribution >= 0.6 is 0 Å². The summed E-state index contributed by atoms with van der Waals surface area (Å²) in [6.45, 7) is 28.4. The van der Waals surface area contributed by atoms with Crippen LogP contribution in [0.2, 0.25) is 0 Å². The van der Waals surface area contributed by atoms with Gasteiger partial charge in [0.25, 0.3) is 0 Å². The molecule has 18 aromatic rings. The van der Waals surface area contributed by atoms with E-state index >= 15 is 0 Å². The Balaban J connectivity index is 0.000000145. The molecule has 668 valence electrons. The van der Waals surface area contributed by atoms with Gasteiger partial charge < -0.3 is 22.8 Å². The third-order valence-corrected chi connectivity index (χ3v) is 25.4. The van der Waals surface area contributed by atoms with Crippen LogP contribution < -0.4 is 22.8 Å². The number of benzene rings is 8. The third kappa shape index (κ3) is 19.1. The van der Waals surface area contributed by atoms with Crippen LogP contribution in [0.15, 0.2) is 310 Å². The molecule has 10 heteroatoms. The molecule has 0 saturated heterocycles. The molecule has 0 aliphatic heterocycles. The van der Waals surface area contributed by atoms with Crippen LogP contribution in [0.5, 0.6) is 0 Å². The number of para-hydroxylation sites is 8. The monoisotopic (exact) mass is 1750 g/mol. The molecular formula is C121H139N10+5. The molecule has 1 atom stereocenters. The fourth-order valence-corrected chi connectivity index (χ4v) is 18.8. The van der Waals surface area contributed by atoms with Crippen molar-refractivity contribution in [2.24, 2.45) is 35.2 Å². The van der Waals surface area contributed by atoms with Crippen molar-refractivity contribution < 1.29 is 43.4 Å². The van der Waals surface area contributed by atoms with Crippen molar-refractivity contribution in [3.05, 3.63) is 394 Å². The maximum absolute atomic E-state index is 9.00. The minimum Gasteiger partial charge on any atom is -0.311 e. The molecule has 0 spiro atoms. The summed E-state index contributed by atoms with van der Waals surface area (Å²) in [5, 5.41) is 3.49. The van der Waals surface area contributed by atoms with Crippen LogP contribution in [0.25, 0.3) is 118 Å². The first kappa shape index (κ1) is 75.5. The van der Waals surface area contributed by atoms with Crippen LogP contribution in [0.1, 0.15) is 242 Å². The zero-order valence-electron chi connectivity index (χ0n) is 95.7. The van der Waals surface area contributed by atoms with Crippen molar-refractivity contribution in [3.8, 4) is 85.4 Å². The Morgan fingerprint density at radius 3 is 0.969 bits per heavy atom. The van der Waals surface area contributed by atoms with Gasteiger partial charge in [0.05, 0.1) is 27.9 Å². The quantitative estimate of drug-likeness (QED) is 0.0816. The molecule has 10 aromatic heterocycles. The minimum atomic E-state index is -2.55. The van der Waals surface area contributed by atoms with Crippen molar-refractivity contribution in [1.29, 1.82) is 0 Å². The Bertz CT molecular complexity index is 7790. The highest BCUT2D eigenvalue weighted by Gasteiger charge is 2.31. The number of hydrogen-bond acceptors (Lipinski definition) is 0. The fourth-order valence-electron chi connectivity index (χ4n) is 18.8. The molecule has 18 rings (SSSR count). The number of pyridine rings is 5. The van der Waals surface area contributed by atoms with Crippen molar-refractivity contribution in [2.45, 2.75) is 193 Å². The summed E-state index contributed by atoms with van der Waals surface area (Å²) in [5.41, 5.74) is 33.0. The lowest BCUT2D eigenvalue weighted by molar-refractivity contribution is -0.661. The van der Waals surface area contributed by atoms with Gasteiger partial charge in [-0.15, -0.1) is 0 Å². The Kier molecular flexibility index (Phi) is 23.3. The molecule has 0 saturated carbocycles. The summed E-state index contributed by atoms with van der Waals surface area (Å²) in [6, 6.07) is 89.6. The standard InChI is InChI=1S/C27H31N2.C25H27N2.C24H25N2.C24H31N2.C21H25N2/c1-18(2)21-13-11-14-22(19(3)4)27(21)29-24-15-8-7-12-23(24)20(5)26(29)25-16-9-10-17-28(25)6;1-17(2)20-10-6-8-12-22(20)27-23-13-9-7-11-21(23)19(4)25(27)24-15-14-18(3)16-26(24)5;1-17(2)19-11-5-7-13-21(19)26-22-14-8-6-12-20(22)18(3)24(26)23-15-9-10-16-25(23)4;1-16(2)20-9-8-10-21(17(3)4)24(20)26-14-13-19(6)23(26)22-12-11-18(5)15-25(22)7;1-15(2)18-8-6-7-9-19(18)23-13-12-17(4)21(23)20-11-10-16(3)14-22(20)5/h7-19H,1-6H3;6-17H,1-5H3;5-17H,1-4H3;8-17H,1-7H3;6-15H,1-5H3/q5*+1/i1D3,18D,19D;3D3;17D;5D3;3D3. The molecule has 1 unspecified atom stereocenters. The van der Waals surface area contributed by atoms with Gasteiger partial charge in [0, 0.05) is 125 Å². The normalized spacial score (nSPS) is 14.2.